The molecule has 1 aromatic carbocycles. The highest BCUT2D eigenvalue weighted by Gasteiger charge is 2.13. The van der Waals surface area contributed by atoms with E-state index in [1.807, 2.05) is 25.1 Å². The number of rotatable bonds is 5. The predicted molar refractivity (Wildman–Crippen MR) is 86.4 cm³/mol. The number of hydrogen-bond acceptors (Lipinski definition) is 3. The number of aryl methyl sites for hydroxylation is 2. The third kappa shape index (κ3) is 3.81. The van der Waals surface area contributed by atoms with Gasteiger partial charge in [0.2, 0.25) is 0 Å². The fraction of sp³-hybridized carbons (Fsp3) is 0.294. The van der Waals surface area contributed by atoms with Crippen molar-refractivity contribution in [1.29, 1.82) is 0 Å². The number of carbonyl (C=O) groups excluding carboxylic acids is 1. The molecule has 0 aliphatic rings. The van der Waals surface area contributed by atoms with Crippen LogP contribution in [0.25, 0.3) is 0 Å². The summed E-state index contributed by atoms with van der Waals surface area (Å²) >= 11 is 0. The number of benzene rings is 1. The van der Waals surface area contributed by atoms with Gasteiger partial charge in [-0.2, -0.15) is 0 Å². The van der Waals surface area contributed by atoms with Crippen molar-refractivity contribution in [1.82, 2.24) is 4.98 Å². The van der Waals surface area contributed by atoms with Gasteiger partial charge in [-0.05, 0) is 49.1 Å². The van der Waals surface area contributed by atoms with E-state index in [1.54, 1.807) is 12.3 Å². The Labute approximate surface area is 125 Å². The van der Waals surface area contributed by atoms with Crippen molar-refractivity contribution in [3.8, 4) is 0 Å². The lowest BCUT2D eigenvalue weighted by Gasteiger charge is -2.10. The SMILES string of the molecule is CCCCc1cccc(NC(=O)c2c(C)ccnc2N)c1. The molecular weight excluding hydrogens is 262 g/mol. The van der Waals surface area contributed by atoms with Crippen molar-refractivity contribution in [3.05, 3.63) is 53.2 Å². The molecule has 21 heavy (non-hydrogen) atoms. The van der Waals surface area contributed by atoms with Gasteiger partial charge in [0.05, 0.1) is 5.56 Å². The van der Waals surface area contributed by atoms with Crippen molar-refractivity contribution in [2.45, 2.75) is 33.1 Å². The van der Waals surface area contributed by atoms with Crippen molar-refractivity contribution in [2.24, 2.45) is 0 Å². The van der Waals surface area contributed by atoms with Crippen LogP contribution in [0.5, 0.6) is 0 Å². The number of pyridine rings is 1. The van der Waals surface area contributed by atoms with Gasteiger partial charge in [0.15, 0.2) is 0 Å². The topological polar surface area (TPSA) is 68.0 Å². The lowest BCUT2D eigenvalue weighted by Crippen LogP contribution is -2.16. The van der Waals surface area contributed by atoms with Crippen LogP contribution in [0.2, 0.25) is 0 Å². The van der Waals surface area contributed by atoms with Crippen molar-refractivity contribution < 1.29 is 4.79 Å². The molecule has 0 saturated carbocycles. The van der Waals surface area contributed by atoms with Crippen molar-refractivity contribution >= 4 is 17.4 Å². The molecule has 0 atom stereocenters. The Balaban J connectivity index is 2.16. The molecule has 1 amide bonds. The molecule has 0 bridgehead atoms. The van der Waals surface area contributed by atoms with Crippen LogP contribution in [0.15, 0.2) is 36.5 Å². The average Bonchev–Trinajstić information content (AvgIpc) is 2.45. The van der Waals surface area contributed by atoms with Gasteiger partial charge in [-0.25, -0.2) is 4.98 Å². The lowest BCUT2D eigenvalue weighted by molar-refractivity contribution is 0.102. The third-order valence-corrected chi connectivity index (χ3v) is 3.42. The fourth-order valence-corrected chi connectivity index (χ4v) is 2.25. The summed E-state index contributed by atoms with van der Waals surface area (Å²) < 4.78 is 0. The molecule has 2 aromatic rings. The second-order valence-electron chi connectivity index (χ2n) is 5.15. The summed E-state index contributed by atoms with van der Waals surface area (Å²) in [6.45, 7) is 4.02. The standard InChI is InChI=1S/C17H21N3O/c1-3-4-6-13-7-5-8-14(11-13)20-17(21)15-12(2)9-10-19-16(15)18/h5,7-11H,3-4,6H2,1-2H3,(H2,18,19)(H,20,21). The Morgan fingerprint density at radius 3 is 2.86 bits per heavy atom. The third-order valence-electron chi connectivity index (χ3n) is 3.42. The monoisotopic (exact) mass is 283 g/mol. The van der Waals surface area contributed by atoms with Gasteiger partial charge in [0, 0.05) is 11.9 Å². The molecule has 3 N–H and O–H groups in total. The quantitative estimate of drug-likeness (QED) is 0.881. The number of nitrogens with zero attached hydrogens (tertiary/aromatic N) is 1. The number of unbranched alkanes of at least 4 members (excludes halogenated alkanes) is 1. The summed E-state index contributed by atoms with van der Waals surface area (Å²) in [6.07, 6.45) is 4.93. The molecule has 1 heterocycles. The van der Waals surface area contributed by atoms with E-state index in [9.17, 15) is 4.79 Å². The van der Waals surface area contributed by atoms with Crippen LogP contribution in [-0.4, -0.2) is 10.9 Å². The second kappa shape index (κ2) is 6.88. The highest BCUT2D eigenvalue weighted by molar-refractivity contribution is 6.08. The molecule has 1 aromatic heterocycles. The molecule has 0 fully saturated rings. The largest absolute Gasteiger partial charge is 0.383 e. The highest BCUT2D eigenvalue weighted by atomic mass is 16.1. The van der Waals surface area contributed by atoms with Crippen LogP contribution < -0.4 is 11.1 Å². The molecule has 0 unspecified atom stereocenters. The van der Waals surface area contributed by atoms with Gasteiger partial charge in [0.25, 0.3) is 5.91 Å². The Morgan fingerprint density at radius 1 is 1.33 bits per heavy atom. The van der Waals surface area contributed by atoms with Gasteiger partial charge in [0.1, 0.15) is 5.82 Å². The number of nitrogens with one attached hydrogen (secondary N) is 1. The fourth-order valence-electron chi connectivity index (χ4n) is 2.25. The predicted octanol–water partition coefficient (Wildman–Crippen LogP) is 3.57. The molecule has 0 spiro atoms. The van der Waals surface area contributed by atoms with Crippen LogP contribution in [0.3, 0.4) is 0 Å². The summed E-state index contributed by atoms with van der Waals surface area (Å²) in [5.74, 6) is 0.0420. The smallest absolute Gasteiger partial charge is 0.259 e. The zero-order valence-corrected chi connectivity index (χ0v) is 12.5. The van der Waals surface area contributed by atoms with Gasteiger partial charge >= 0.3 is 0 Å². The molecule has 110 valence electrons. The van der Waals surface area contributed by atoms with Crippen LogP contribution in [0, 0.1) is 6.92 Å². The summed E-state index contributed by atoms with van der Waals surface area (Å²) in [5, 5.41) is 2.90. The van der Waals surface area contributed by atoms with Crippen LogP contribution in [-0.2, 0) is 6.42 Å². The first-order chi connectivity index (χ1) is 10.1. The zero-order chi connectivity index (χ0) is 15.2. The number of amides is 1. The minimum Gasteiger partial charge on any atom is -0.383 e. The van der Waals surface area contributed by atoms with Gasteiger partial charge in [-0.3, -0.25) is 4.79 Å². The first-order valence-electron chi connectivity index (χ1n) is 7.23. The number of aromatic nitrogens is 1. The summed E-state index contributed by atoms with van der Waals surface area (Å²) in [6, 6.07) is 9.71. The minimum atomic E-state index is -0.217. The van der Waals surface area contributed by atoms with E-state index in [2.05, 4.69) is 23.3 Å². The van der Waals surface area contributed by atoms with Gasteiger partial charge < -0.3 is 11.1 Å². The summed E-state index contributed by atoms with van der Waals surface area (Å²) in [5.41, 5.74) is 9.08. The van der Waals surface area contributed by atoms with Crippen LogP contribution in [0.1, 0.15) is 41.3 Å². The Kier molecular flexibility index (Phi) is 4.93. The Bertz CT molecular complexity index is 617. The lowest BCUT2D eigenvalue weighted by atomic mass is 10.1. The number of hydrogen-bond donors (Lipinski definition) is 2. The summed E-state index contributed by atoms with van der Waals surface area (Å²) in [7, 11) is 0. The first kappa shape index (κ1) is 15.0. The Morgan fingerprint density at radius 2 is 2.14 bits per heavy atom. The molecular formula is C17H21N3O. The Hall–Kier alpha value is -2.36. The van der Waals surface area contributed by atoms with E-state index in [1.165, 1.54) is 5.56 Å². The van der Waals surface area contributed by atoms with E-state index >= 15 is 0 Å². The molecule has 2 rings (SSSR count). The van der Waals surface area contributed by atoms with E-state index < -0.39 is 0 Å². The minimum absolute atomic E-state index is 0.217. The van der Waals surface area contributed by atoms with Crippen LogP contribution in [0.4, 0.5) is 11.5 Å². The molecule has 0 radical (unpaired) electrons. The first-order valence-corrected chi connectivity index (χ1v) is 7.23. The molecule has 4 heteroatoms. The zero-order valence-electron chi connectivity index (χ0n) is 12.5. The molecule has 0 aliphatic heterocycles. The normalized spacial score (nSPS) is 10.4. The van der Waals surface area contributed by atoms with Crippen molar-refractivity contribution in [2.75, 3.05) is 11.1 Å². The molecule has 0 saturated heterocycles. The van der Waals surface area contributed by atoms with E-state index in [-0.39, 0.29) is 11.7 Å². The van der Waals surface area contributed by atoms with E-state index in [4.69, 9.17) is 5.73 Å². The van der Waals surface area contributed by atoms with E-state index in [0.29, 0.717) is 5.56 Å². The van der Waals surface area contributed by atoms with Gasteiger partial charge in [-0.1, -0.05) is 25.5 Å². The molecule has 4 nitrogen and oxygen atoms in total. The number of nitrogen functional groups attached to an aromatic ring is 1. The maximum absolute atomic E-state index is 12.3. The maximum atomic E-state index is 12.3. The number of carbonyl (C=O) groups is 1. The van der Waals surface area contributed by atoms with E-state index in [0.717, 1.165) is 30.5 Å². The number of anilines is 2. The average molecular weight is 283 g/mol. The molecule has 0 aliphatic carbocycles. The van der Waals surface area contributed by atoms with Gasteiger partial charge in [-0.15, -0.1) is 0 Å². The maximum Gasteiger partial charge on any atom is 0.259 e. The number of nitrogens with two attached hydrogens (primary N) is 1. The van der Waals surface area contributed by atoms with Crippen molar-refractivity contribution in [3.63, 3.8) is 0 Å². The second-order valence-corrected chi connectivity index (χ2v) is 5.15. The highest BCUT2D eigenvalue weighted by Crippen LogP contribution is 2.18. The van der Waals surface area contributed by atoms with Crippen LogP contribution >= 0.6 is 0 Å². The summed E-state index contributed by atoms with van der Waals surface area (Å²) in [4.78, 5) is 16.3.